The highest BCUT2D eigenvalue weighted by Gasteiger charge is 2.46. The van der Waals surface area contributed by atoms with E-state index in [1.165, 1.54) is 88.3 Å². The van der Waals surface area contributed by atoms with E-state index < -0.39 is 5.41 Å². The molecule has 12 rings (SSSR count). The Hall–Kier alpha value is -8.26. The number of rotatable bonds is 8. The predicted molar refractivity (Wildman–Crippen MR) is 270 cm³/mol. The Morgan fingerprint density at radius 2 is 0.688 bits per heavy atom. The molecular formula is C63H43N. The van der Waals surface area contributed by atoms with Crippen LogP contribution in [-0.2, 0) is 5.41 Å². The third-order valence-corrected chi connectivity index (χ3v) is 13.4. The van der Waals surface area contributed by atoms with Gasteiger partial charge in [-0.15, -0.1) is 0 Å². The zero-order chi connectivity index (χ0) is 42.5. The van der Waals surface area contributed by atoms with Crippen molar-refractivity contribution in [2.45, 2.75) is 5.41 Å². The summed E-state index contributed by atoms with van der Waals surface area (Å²) >= 11 is 0. The van der Waals surface area contributed by atoms with Crippen LogP contribution in [0.15, 0.2) is 261 Å². The first-order valence-electron chi connectivity index (χ1n) is 22.2. The second kappa shape index (κ2) is 15.6. The quantitative estimate of drug-likeness (QED) is 0.138. The van der Waals surface area contributed by atoms with Crippen LogP contribution in [0.2, 0.25) is 0 Å². The summed E-state index contributed by atoms with van der Waals surface area (Å²) in [5.41, 5.74) is 17.7. The van der Waals surface area contributed by atoms with E-state index in [-0.39, 0.29) is 0 Å². The van der Waals surface area contributed by atoms with Gasteiger partial charge in [0.05, 0.1) is 5.41 Å². The zero-order valence-corrected chi connectivity index (χ0v) is 35.3. The van der Waals surface area contributed by atoms with E-state index >= 15 is 0 Å². The molecule has 0 spiro atoms. The molecule has 11 aromatic rings. The van der Waals surface area contributed by atoms with E-state index in [1.54, 1.807) is 0 Å². The minimum atomic E-state index is -0.507. The van der Waals surface area contributed by atoms with Crippen LogP contribution in [0, 0.1) is 0 Å². The van der Waals surface area contributed by atoms with Crippen LogP contribution in [0.5, 0.6) is 0 Å². The van der Waals surface area contributed by atoms with Crippen LogP contribution in [-0.4, -0.2) is 0 Å². The van der Waals surface area contributed by atoms with Gasteiger partial charge < -0.3 is 4.90 Å². The Morgan fingerprint density at radius 3 is 1.31 bits per heavy atom. The fraction of sp³-hybridized carbons (Fsp3) is 0.0159. The summed E-state index contributed by atoms with van der Waals surface area (Å²) < 4.78 is 0. The lowest BCUT2D eigenvalue weighted by molar-refractivity contribution is 0.768. The zero-order valence-electron chi connectivity index (χ0n) is 35.3. The standard InChI is InChI=1S/C63H43N/c1-4-16-44(17-5-1)45-28-30-46(31-29-45)47-32-36-52(37-33-47)64(53-38-34-48(35-39-53)60-42-49-18-10-11-23-55(49)56-24-12-13-25-57(56)60)54-40-41-59-58-26-14-15-27-61(58)63(62(59)43-54,50-19-6-2-7-20-50)51-21-8-3-9-22-51/h1-43H. The monoisotopic (exact) mass is 813 g/mol. The summed E-state index contributed by atoms with van der Waals surface area (Å²) in [5, 5.41) is 5.06. The first-order valence-corrected chi connectivity index (χ1v) is 22.2. The van der Waals surface area contributed by atoms with Crippen LogP contribution in [0.3, 0.4) is 0 Å². The van der Waals surface area contributed by atoms with E-state index in [1.807, 2.05) is 0 Å². The molecule has 0 unspecified atom stereocenters. The molecule has 0 heterocycles. The lowest BCUT2D eigenvalue weighted by Crippen LogP contribution is -2.28. The number of nitrogens with zero attached hydrogens (tertiary/aromatic N) is 1. The van der Waals surface area contributed by atoms with Crippen LogP contribution < -0.4 is 4.90 Å². The maximum absolute atomic E-state index is 2.45. The summed E-state index contributed by atoms with van der Waals surface area (Å²) in [6, 6.07) is 95.8. The topological polar surface area (TPSA) is 3.24 Å². The molecule has 0 fully saturated rings. The van der Waals surface area contributed by atoms with Crippen molar-refractivity contribution >= 4 is 38.6 Å². The average molecular weight is 814 g/mol. The first kappa shape index (κ1) is 37.5. The average Bonchev–Trinajstić information content (AvgIpc) is 3.68. The van der Waals surface area contributed by atoms with Crippen molar-refractivity contribution in [1.82, 2.24) is 0 Å². The van der Waals surface area contributed by atoms with Crippen molar-refractivity contribution < 1.29 is 0 Å². The second-order valence-electron chi connectivity index (χ2n) is 16.8. The normalized spacial score (nSPS) is 12.5. The molecule has 0 amide bonds. The molecule has 0 N–H and O–H groups in total. The first-order chi connectivity index (χ1) is 31.7. The fourth-order valence-corrected chi connectivity index (χ4v) is 10.4. The molecule has 0 atom stereocenters. The van der Waals surface area contributed by atoms with Gasteiger partial charge in [-0.05, 0) is 131 Å². The SMILES string of the molecule is c1ccc(-c2ccc(-c3ccc(N(c4ccc(-c5cc6ccccc6c6ccccc56)cc4)c4ccc5c(c4)C(c4ccccc4)(c4ccccc4)c4ccccc4-5)cc3)cc2)cc1. The third kappa shape index (κ3) is 6.16. The van der Waals surface area contributed by atoms with Crippen LogP contribution >= 0.6 is 0 Å². The molecule has 1 heteroatoms. The molecule has 300 valence electrons. The summed E-state index contributed by atoms with van der Waals surface area (Å²) in [4.78, 5) is 2.43. The molecule has 64 heavy (non-hydrogen) atoms. The Labute approximate surface area is 374 Å². The Morgan fingerprint density at radius 1 is 0.250 bits per heavy atom. The van der Waals surface area contributed by atoms with Crippen LogP contribution in [0.25, 0.3) is 66.1 Å². The molecule has 1 nitrogen and oxygen atoms in total. The maximum atomic E-state index is 2.45. The lowest BCUT2D eigenvalue weighted by atomic mass is 9.67. The van der Waals surface area contributed by atoms with Crippen LogP contribution in [0.4, 0.5) is 17.1 Å². The van der Waals surface area contributed by atoms with E-state index in [0.717, 1.165) is 17.1 Å². The Bertz CT molecular complexity index is 3410. The van der Waals surface area contributed by atoms with Crippen molar-refractivity contribution in [2.75, 3.05) is 4.90 Å². The van der Waals surface area contributed by atoms with E-state index in [0.29, 0.717) is 0 Å². The van der Waals surface area contributed by atoms with Crippen molar-refractivity contribution in [3.8, 4) is 44.5 Å². The van der Waals surface area contributed by atoms with Crippen molar-refractivity contribution in [1.29, 1.82) is 0 Å². The predicted octanol–water partition coefficient (Wildman–Crippen LogP) is 16.8. The summed E-state index contributed by atoms with van der Waals surface area (Å²) in [5.74, 6) is 0. The van der Waals surface area contributed by atoms with Gasteiger partial charge in [-0.25, -0.2) is 0 Å². The molecule has 1 aliphatic rings. The summed E-state index contributed by atoms with van der Waals surface area (Å²) in [6.07, 6.45) is 0. The number of benzene rings is 11. The molecular weight excluding hydrogens is 771 g/mol. The van der Waals surface area contributed by atoms with Gasteiger partial charge in [0.15, 0.2) is 0 Å². The molecule has 0 saturated carbocycles. The highest BCUT2D eigenvalue weighted by Crippen LogP contribution is 2.57. The van der Waals surface area contributed by atoms with E-state index in [4.69, 9.17) is 0 Å². The Kier molecular flexibility index (Phi) is 9.13. The number of hydrogen-bond acceptors (Lipinski definition) is 1. The maximum Gasteiger partial charge on any atom is 0.0714 e. The van der Waals surface area contributed by atoms with Gasteiger partial charge in [0, 0.05) is 17.1 Å². The fourth-order valence-electron chi connectivity index (χ4n) is 10.4. The molecule has 11 aromatic carbocycles. The molecule has 0 aromatic heterocycles. The van der Waals surface area contributed by atoms with Crippen molar-refractivity contribution in [3.05, 3.63) is 283 Å². The van der Waals surface area contributed by atoms with Gasteiger partial charge >= 0.3 is 0 Å². The highest BCUT2D eigenvalue weighted by atomic mass is 15.1. The van der Waals surface area contributed by atoms with Crippen molar-refractivity contribution in [3.63, 3.8) is 0 Å². The summed E-state index contributed by atoms with van der Waals surface area (Å²) in [7, 11) is 0. The third-order valence-electron chi connectivity index (χ3n) is 13.4. The number of anilines is 3. The molecule has 0 saturated heterocycles. The van der Waals surface area contributed by atoms with Crippen molar-refractivity contribution in [2.24, 2.45) is 0 Å². The van der Waals surface area contributed by atoms with E-state index in [9.17, 15) is 0 Å². The minimum absolute atomic E-state index is 0.507. The van der Waals surface area contributed by atoms with Gasteiger partial charge in [-0.2, -0.15) is 0 Å². The second-order valence-corrected chi connectivity index (χ2v) is 16.8. The molecule has 0 radical (unpaired) electrons. The smallest absolute Gasteiger partial charge is 0.0714 e. The Balaban J connectivity index is 1.02. The van der Waals surface area contributed by atoms with Gasteiger partial charge in [0.25, 0.3) is 0 Å². The molecule has 1 aliphatic carbocycles. The number of fused-ring (bicyclic) bond motifs is 6. The van der Waals surface area contributed by atoms with Crippen LogP contribution in [0.1, 0.15) is 22.3 Å². The van der Waals surface area contributed by atoms with Gasteiger partial charge in [0.2, 0.25) is 0 Å². The largest absolute Gasteiger partial charge is 0.310 e. The minimum Gasteiger partial charge on any atom is -0.310 e. The summed E-state index contributed by atoms with van der Waals surface area (Å²) in [6.45, 7) is 0. The van der Waals surface area contributed by atoms with Gasteiger partial charge in [0.1, 0.15) is 0 Å². The molecule has 0 aliphatic heterocycles. The van der Waals surface area contributed by atoms with Gasteiger partial charge in [-0.3, -0.25) is 0 Å². The lowest BCUT2D eigenvalue weighted by Gasteiger charge is -2.35. The van der Waals surface area contributed by atoms with E-state index in [2.05, 4.69) is 266 Å². The molecule has 0 bridgehead atoms. The highest BCUT2D eigenvalue weighted by molar-refractivity contribution is 6.13. The number of hydrogen-bond donors (Lipinski definition) is 0. The van der Waals surface area contributed by atoms with Gasteiger partial charge in [-0.1, -0.05) is 218 Å².